The summed E-state index contributed by atoms with van der Waals surface area (Å²) < 4.78 is 0. The molecule has 1 amide bonds. The van der Waals surface area contributed by atoms with E-state index in [4.69, 9.17) is 5.11 Å². The number of carboxylic acids is 1. The van der Waals surface area contributed by atoms with E-state index in [9.17, 15) is 9.59 Å². The number of amides is 1. The maximum atomic E-state index is 12.3. The molecule has 2 saturated heterocycles. The van der Waals surface area contributed by atoms with Crippen LogP contribution in [-0.2, 0) is 9.59 Å². The second kappa shape index (κ2) is 7.04. The van der Waals surface area contributed by atoms with Crippen molar-refractivity contribution in [3.63, 3.8) is 0 Å². The molecule has 2 aliphatic heterocycles. The van der Waals surface area contributed by atoms with Crippen LogP contribution in [0.2, 0.25) is 0 Å². The van der Waals surface area contributed by atoms with E-state index in [0.717, 1.165) is 45.3 Å². The fraction of sp³-hybridized carbons (Fsp3) is 0.857. The summed E-state index contributed by atoms with van der Waals surface area (Å²) in [6.07, 6.45) is 4.12. The average Bonchev–Trinajstić information content (AvgIpc) is 2.94. The van der Waals surface area contributed by atoms with Crippen molar-refractivity contribution in [2.24, 2.45) is 5.92 Å². The Morgan fingerprint density at radius 2 is 2.05 bits per heavy atom. The molecule has 0 bridgehead atoms. The van der Waals surface area contributed by atoms with Crippen molar-refractivity contribution in [3.05, 3.63) is 0 Å². The number of hydrogen-bond donors (Lipinski definition) is 3. The first-order valence-electron chi connectivity index (χ1n) is 7.56. The minimum Gasteiger partial charge on any atom is -0.481 e. The van der Waals surface area contributed by atoms with Gasteiger partial charge in [-0.05, 0) is 45.3 Å². The maximum absolute atomic E-state index is 12.3. The van der Waals surface area contributed by atoms with Gasteiger partial charge in [-0.1, -0.05) is 6.92 Å². The van der Waals surface area contributed by atoms with Crippen molar-refractivity contribution in [2.45, 2.75) is 44.7 Å². The van der Waals surface area contributed by atoms with Crippen LogP contribution in [0.1, 0.15) is 32.6 Å². The molecule has 2 unspecified atom stereocenters. The van der Waals surface area contributed by atoms with Gasteiger partial charge >= 0.3 is 5.97 Å². The van der Waals surface area contributed by atoms with Crippen LogP contribution in [0, 0.1) is 5.92 Å². The van der Waals surface area contributed by atoms with Crippen molar-refractivity contribution in [1.82, 2.24) is 15.5 Å². The highest BCUT2D eigenvalue weighted by atomic mass is 16.4. The molecule has 114 valence electrons. The summed E-state index contributed by atoms with van der Waals surface area (Å²) in [7, 11) is 0. The largest absolute Gasteiger partial charge is 0.481 e. The van der Waals surface area contributed by atoms with Crippen LogP contribution < -0.4 is 10.6 Å². The van der Waals surface area contributed by atoms with Crippen LogP contribution in [0.25, 0.3) is 0 Å². The number of nitrogens with one attached hydrogen (secondary N) is 2. The van der Waals surface area contributed by atoms with Crippen molar-refractivity contribution < 1.29 is 14.7 Å². The second-order valence-electron chi connectivity index (χ2n) is 5.86. The summed E-state index contributed by atoms with van der Waals surface area (Å²) in [5.74, 6) is -1.41. The minimum absolute atomic E-state index is 0.00543. The number of piperidine rings is 1. The number of carbonyl (C=O) groups excluding carboxylic acids is 1. The molecular formula is C14H25N3O3. The van der Waals surface area contributed by atoms with Gasteiger partial charge in [0, 0.05) is 12.6 Å². The zero-order valence-corrected chi connectivity index (χ0v) is 12.1. The van der Waals surface area contributed by atoms with Gasteiger partial charge in [-0.15, -0.1) is 0 Å². The molecule has 2 fully saturated rings. The highest BCUT2D eigenvalue weighted by Crippen LogP contribution is 2.24. The number of likely N-dealkylation sites (tertiary alicyclic amines) is 1. The van der Waals surface area contributed by atoms with Crippen LogP contribution in [0.5, 0.6) is 0 Å². The van der Waals surface area contributed by atoms with Gasteiger partial charge in [-0.2, -0.15) is 0 Å². The average molecular weight is 283 g/mol. The van der Waals surface area contributed by atoms with Crippen molar-refractivity contribution in [1.29, 1.82) is 0 Å². The van der Waals surface area contributed by atoms with Gasteiger partial charge in [-0.3, -0.25) is 14.5 Å². The number of nitrogens with zero attached hydrogens (tertiary/aromatic N) is 1. The fourth-order valence-corrected chi connectivity index (χ4v) is 3.10. The highest BCUT2D eigenvalue weighted by molar-refractivity contribution is 5.82. The van der Waals surface area contributed by atoms with E-state index in [-0.39, 0.29) is 18.5 Å². The normalized spacial score (nSPS) is 26.4. The lowest BCUT2D eigenvalue weighted by Crippen LogP contribution is -2.51. The van der Waals surface area contributed by atoms with Crippen LogP contribution in [0.15, 0.2) is 0 Å². The highest BCUT2D eigenvalue weighted by Gasteiger charge is 2.35. The molecule has 0 aromatic heterocycles. The molecule has 6 heteroatoms. The first-order valence-corrected chi connectivity index (χ1v) is 7.56. The molecule has 0 aromatic rings. The van der Waals surface area contributed by atoms with E-state index in [2.05, 4.69) is 15.5 Å². The van der Waals surface area contributed by atoms with Crippen molar-refractivity contribution >= 4 is 11.9 Å². The van der Waals surface area contributed by atoms with Crippen LogP contribution >= 0.6 is 0 Å². The summed E-state index contributed by atoms with van der Waals surface area (Å²) in [4.78, 5) is 25.4. The fourth-order valence-electron chi connectivity index (χ4n) is 3.10. The third-order valence-electron chi connectivity index (χ3n) is 4.38. The Hall–Kier alpha value is -1.14. The Morgan fingerprint density at radius 3 is 2.70 bits per heavy atom. The summed E-state index contributed by atoms with van der Waals surface area (Å²) in [6.45, 7) is 4.85. The Morgan fingerprint density at radius 1 is 1.35 bits per heavy atom. The third kappa shape index (κ3) is 3.70. The molecule has 0 radical (unpaired) electrons. The lowest BCUT2D eigenvalue weighted by molar-refractivity contribution is -0.141. The molecule has 20 heavy (non-hydrogen) atoms. The summed E-state index contributed by atoms with van der Waals surface area (Å²) in [5.41, 5.74) is 0. The predicted octanol–water partition coefficient (Wildman–Crippen LogP) is 0.0397. The second-order valence-corrected chi connectivity index (χ2v) is 5.86. The van der Waals surface area contributed by atoms with Gasteiger partial charge in [0.15, 0.2) is 0 Å². The summed E-state index contributed by atoms with van der Waals surface area (Å²) >= 11 is 0. The van der Waals surface area contributed by atoms with E-state index in [0.29, 0.717) is 6.04 Å². The molecule has 2 atom stereocenters. The number of hydrogen-bond acceptors (Lipinski definition) is 4. The topological polar surface area (TPSA) is 81.7 Å². The molecule has 2 rings (SSSR count). The van der Waals surface area contributed by atoms with Gasteiger partial charge in [0.25, 0.3) is 0 Å². The monoisotopic (exact) mass is 283 g/mol. The first-order chi connectivity index (χ1) is 9.59. The Balaban J connectivity index is 1.86. The van der Waals surface area contributed by atoms with Gasteiger partial charge in [0.05, 0.1) is 12.0 Å². The Kier molecular flexibility index (Phi) is 5.37. The lowest BCUT2D eigenvalue weighted by atomic mass is 10.0. The lowest BCUT2D eigenvalue weighted by Gasteiger charge is -2.35. The summed E-state index contributed by atoms with van der Waals surface area (Å²) in [6, 6.07) is 0.422. The van der Waals surface area contributed by atoms with E-state index in [1.165, 1.54) is 0 Å². The quantitative estimate of drug-likeness (QED) is 0.664. The third-order valence-corrected chi connectivity index (χ3v) is 4.38. The zero-order chi connectivity index (χ0) is 14.5. The van der Waals surface area contributed by atoms with Crippen LogP contribution in [0.4, 0.5) is 0 Å². The zero-order valence-electron chi connectivity index (χ0n) is 12.1. The number of carbonyl (C=O) groups is 2. The standard InChI is InChI=1S/C14H25N3O3/c1-10(14(19)20)9-16-13(18)12-3-2-8-17(12)11-4-6-15-7-5-11/h10-12,15H,2-9H2,1H3,(H,16,18)(H,19,20). The SMILES string of the molecule is CC(CNC(=O)C1CCCN1C1CCNCC1)C(=O)O. The maximum Gasteiger partial charge on any atom is 0.308 e. The van der Waals surface area contributed by atoms with Crippen LogP contribution in [0.3, 0.4) is 0 Å². The number of carboxylic acid groups (broad SMARTS) is 1. The molecule has 2 heterocycles. The summed E-state index contributed by atoms with van der Waals surface area (Å²) in [5, 5.41) is 15.0. The van der Waals surface area contributed by atoms with Gasteiger partial charge < -0.3 is 15.7 Å². The first kappa shape index (κ1) is 15.3. The molecule has 6 nitrogen and oxygen atoms in total. The van der Waals surface area contributed by atoms with Gasteiger partial charge in [0.2, 0.25) is 5.91 Å². The molecule has 3 N–H and O–H groups in total. The van der Waals surface area contributed by atoms with E-state index in [1.54, 1.807) is 6.92 Å². The van der Waals surface area contributed by atoms with E-state index < -0.39 is 11.9 Å². The minimum atomic E-state index is -0.869. The molecular weight excluding hydrogens is 258 g/mol. The Bertz CT molecular complexity index is 356. The van der Waals surface area contributed by atoms with Crippen molar-refractivity contribution in [2.75, 3.05) is 26.2 Å². The molecule has 2 aliphatic rings. The molecule has 0 saturated carbocycles. The molecule has 0 aliphatic carbocycles. The van der Waals surface area contributed by atoms with Gasteiger partial charge in [0.1, 0.15) is 0 Å². The predicted molar refractivity (Wildman–Crippen MR) is 75.4 cm³/mol. The number of rotatable bonds is 5. The molecule has 0 aromatic carbocycles. The number of aliphatic carboxylic acids is 1. The van der Waals surface area contributed by atoms with Crippen LogP contribution in [-0.4, -0.2) is 60.1 Å². The van der Waals surface area contributed by atoms with Gasteiger partial charge in [-0.25, -0.2) is 0 Å². The van der Waals surface area contributed by atoms with E-state index >= 15 is 0 Å². The smallest absolute Gasteiger partial charge is 0.308 e. The Labute approximate surface area is 119 Å². The van der Waals surface area contributed by atoms with E-state index in [1.807, 2.05) is 0 Å². The molecule has 0 spiro atoms. The van der Waals surface area contributed by atoms with Crippen molar-refractivity contribution in [3.8, 4) is 0 Å².